The summed E-state index contributed by atoms with van der Waals surface area (Å²) in [5, 5.41) is 7.51. The van der Waals surface area contributed by atoms with Crippen LogP contribution in [0.1, 0.15) is 25.0 Å². The molecule has 0 fully saturated rings. The molecule has 0 aliphatic carbocycles. The van der Waals surface area contributed by atoms with Crippen LogP contribution in [0.3, 0.4) is 0 Å². The standard InChI is InChI=1S/C14H18N2O3/c1-10-7-5-6-8-13(10)9-19-15-11(2)14(12(3)17)16-18-4/h5-8H,9H2,1-4H3/b15-11+,16-14-. The molecule has 1 aromatic carbocycles. The van der Waals surface area contributed by atoms with Crippen LogP contribution in [0.4, 0.5) is 0 Å². The number of oxime groups is 2. The van der Waals surface area contributed by atoms with Gasteiger partial charge in [-0.15, -0.1) is 0 Å². The van der Waals surface area contributed by atoms with E-state index in [0.29, 0.717) is 12.3 Å². The minimum atomic E-state index is -0.220. The zero-order chi connectivity index (χ0) is 14.3. The molecule has 5 nitrogen and oxygen atoms in total. The number of ketones is 1. The third-order valence-corrected chi connectivity index (χ3v) is 2.54. The summed E-state index contributed by atoms with van der Waals surface area (Å²) in [5.74, 6) is -0.220. The monoisotopic (exact) mass is 262 g/mol. The molecule has 1 aromatic rings. The molecule has 0 bridgehead atoms. The van der Waals surface area contributed by atoms with Gasteiger partial charge in [-0.1, -0.05) is 34.6 Å². The van der Waals surface area contributed by atoms with Gasteiger partial charge in [-0.2, -0.15) is 0 Å². The molecule has 0 saturated carbocycles. The van der Waals surface area contributed by atoms with Gasteiger partial charge in [-0.25, -0.2) is 0 Å². The van der Waals surface area contributed by atoms with Crippen molar-refractivity contribution in [2.24, 2.45) is 10.3 Å². The van der Waals surface area contributed by atoms with Gasteiger partial charge in [0.15, 0.2) is 11.5 Å². The first-order valence-corrected chi connectivity index (χ1v) is 5.89. The maximum Gasteiger partial charge on any atom is 0.183 e. The van der Waals surface area contributed by atoms with Gasteiger partial charge in [0.1, 0.15) is 19.4 Å². The molecule has 0 heterocycles. The summed E-state index contributed by atoms with van der Waals surface area (Å²) in [6.45, 7) is 5.40. The van der Waals surface area contributed by atoms with Crippen LogP contribution < -0.4 is 0 Å². The van der Waals surface area contributed by atoms with Crippen molar-refractivity contribution in [1.29, 1.82) is 0 Å². The Kier molecular flexibility index (Phi) is 5.73. The van der Waals surface area contributed by atoms with Gasteiger partial charge >= 0.3 is 0 Å². The molecule has 0 N–H and O–H groups in total. The minimum Gasteiger partial charge on any atom is -0.398 e. The summed E-state index contributed by atoms with van der Waals surface area (Å²) < 4.78 is 0. The van der Waals surface area contributed by atoms with Crippen molar-refractivity contribution < 1.29 is 14.5 Å². The van der Waals surface area contributed by atoms with E-state index in [9.17, 15) is 4.79 Å². The predicted octanol–water partition coefficient (Wildman–Crippen LogP) is 2.48. The van der Waals surface area contributed by atoms with Crippen LogP contribution in [0.25, 0.3) is 0 Å². The fourth-order valence-corrected chi connectivity index (χ4v) is 1.49. The second-order valence-corrected chi connectivity index (χ2v) is 4.06. The van der Waals surface area contributed by atoms with E-state index in [1.807, 2.05) is 31.2 Å². The lowest BCUT2D eigenvalue weighted by atomic mass is 10.1. The fourth-order valence-electron chi connectivity index (χ4n) is 1.49. The Morgan fingerprint density at radius 3 is 2.47 bits per heavy atom. The third kappa shape index (κ3) is 4.54. The fraction of sp³-hybridized carbons (Fsp3) is 0.357. The van der Waals surface area contributed by atoms with Crippen molar-refractivity contribution >= 4 is 17.2 Å². The predicted molar refractivity (Wildman–Crippen MR) is 74.2 cm³/mol. The molecule has 1 rings (SSSR count). The highest BCUT2D eigenvalue weighted by Gasteiger charge is 2.11. The van der Waals surface area contributed by atoms with E-state index in [2.05, 4.69) is 15.1 Å². The Hall–Kier alpha value is -2.17. The molecule has 0 saturated heterocycles. The van der Waals surface area contributed by atoms with Crippen molar-refractivity contribution in [3.8, 4) is 0 Å². The number of benzene rings is 1. The summed E-state index contributed by atoms with van der Waals surface area (Å²) in [6, 6.07) is 7.88. The van der Waals surface area contributed by atoms with Gasteiger partial charge < -0.3 is 9.68 Å². The van der Waals surface area contributed by atoms with E-state index in [0.717, 1.165) is 11.1 Å². The average Bonchev–Trinajstić information content (AvgIpc) is 2.37. The minimum absolute atomic E-state index is 0.160. The summed E-state index contributed by atoms with van der Waals surface area (Å²) in [7, 11) is 1.38. The molecule has 0 spiro atoms. The first-order chi connectivity index (χ1) is 9.06. The van der Waals surface area contributed by atoms with Crippen molar-refractivity contribution in [2.75, 3.05) is 7.11 Å². The maximum absolute atomic E-state index is 11.3. The van der Waals surface area contributed by atoms with Gasteiger partial charge in [0, 0.05) is 6.92 Å². The van der Waals surface area contributed by atoms with E-state index < -0.39 is 0 Å². The Bertz CT molecular complexity index is 507. The Labute approximate surface area is 112 Å². The molecule has 0 amide bonds. The lowest BCUT2D eigenvalue weighted by Gasteiger charge is -2.05. The molecule has 0 aliphatic rings. The topological polar surface area (TPSA) is 60.2 Å². The van der Waals surface area contributed by atoms with Crippen LogP contribution in [0.15, 0.2) is 34.6 Å². The van der Waals surface area contributed by atoms with E-state index in [4.69, 9.17) is 4.84 Å². The molecule has 5 heteroatoms. The van der Waals surface area contributed by atoms with Crippen LogP contribution in [-0.4, -0.2) is 24.3 Å². The third-order valence-electron chi connectivity index (χ3n) is 2.54. The first kappa shape index (κ1) is 14.9. The van der Waals surface area contributed by atoms with E-state index in [1.54, 1.807) is 6.92 Å². The normalized spacial score (nSPS) is 12.2. The zero-order valence-electron chi connectivity index (χ0n) is 11.6. The van der Waals surface area contributed by atoms with Crippen LogP contribution in [0, 0.1) is 6.92 Å². The van der Waals surface area contributed by atoms with Crippen molar-refractivity contribution in [3.63, 3.8) is 0 Å². The second-order valence-electron chi connectivity index (χ2n) is 4.06. The Morgan fingerprint density at radius 2 is 1.89 bits per heavy atom. The molecule has 0 aliphatic heterocycles. The zero-order valence-corrected chi connectivity index (χ0v) is 11.6. The first-order valence-electron chi connectivity index (χ1n) is 5.89. The number of Topliss-reactive ketones (excluding diaryl/α,β-unsaturated/α-hetero) is 1. The van der Waals surface area contributed by atoms with Gasteiger partial charge in [0.05, 0.1) is 0 Å². The van der Waals surface area contributed by atoms with Gasteiger partial charge in [-0.3, -0.25) is 4.79 Å². The van der Waals surface area contributed by atoms with Gasteiger partial charge in [-0.05, 0) is 25.0 Å². The quantitative estimate of drug-likeness (QED) is 0.584. The van der Waals surface area contributed by atoms with Crippen LogP contribution >= 0.6 is 0 Å². The second kappa shape index (κ2) is 7.31. The van der Waals surface area contributed by atoms with E-state index >= 15 is 0 Å². The number of aryl methyl sites for hydroxylation is 1. The maximum atomic E-state index is 11.3. The highest BCUT2D eigenvalue weighted by atomic mass is 16.6. The number of rotatable bonds is 6. The number of carbonyl (C=O) groups excluding carboxylic acids is 1. The van der Waals surface area contributed by atoms with Crippen molar-refractivity contribution in [2.45, 2.75) is 27.4 Å². The summed E-state index contributed by atoms with van der Waals surface area (Å²) in [4.78, 5) is 21.2. The molecule has 19 heavy (non-hydrogen) atoms. The van der Waals surface area contributed by atoms with Crippen LogP contribution in [0.5, 0.6) is 0 Å². The van der Waals surface area contributed by atoms with E-state index in [-0.39, 0.29) is 11.5 Å². The summed E-state index contributed by atoms with van der Waals surface area (Å²) in [5.41, 5.74) is 2.73. The van der Waals surface area contributed by atoms with Crippen LogP contribution in [0.2, 0.25) is 0 Å². The molecule has 0 aromatic heterocycles. The average molecular weight is 262 g/mol. The smallest absolute Gasteiger partial charge is 0.183 e. The molecule has 0 unspecified atom stereocenters. The summed E-state index contributed by atoms with van der Waals surface area (Å²) in [6.07, 6.45) is 0. The number of carbonyl (C=O) groups is 1. The van der Waals surface area contributed by atoms with Gasteiger partial charge in [0.25, 0.3) is 0 Å². The Morgan fingerprint density at radius 1 is 1.21 bits per heavy atom. The molecule has 0 radical (unpaired) electrons. The number of nitrogens with zero attached hydrogens (tertiary/aromatic N) is 2. The number of hydrogen-bond acceptors (Lipinski definition) is 5. The highest BCUT2D eigenvalue weighted by Crippen LogP contribution is 2.08. The Balaban J connectivity index is 2.69. The highest BCUT2D eigenvalue weighted by molar-refractivity contribution is 6.66. The molecular formula is C14H18N2O3. The lowest BCUT2D eigenvalue weighted by Crippen LogP contribution is -2.20. The van der Waals surface area contributed by atoms with Gasteiger partial charge in [0.2, 0.25) is 0 Å². The molecule has 102 valence electrons. The van der Waals surface area contributed by atoms with Crippen molar-refractivity contribution in [1.82, 2.24) is 0 Å². The van der Waals surface area contributed by atoms with E-state index in [1.165, 1.54) is 14.0 Å². The summed E-state index contributed by atoms with van der Waals surface area (Å²) >= 11 is 0. The number of hydrogen-bond donors (Lipinski definition) is 0. The molecule has 0 atom stereocenters. The van der Waals surface area contributed by atoms with Crippen molar-refractivity contribution in [3.05, 3.63) is 35.4 Å². The van der Waals surface area contributed by atoms with Crippen LogP contribution in [-0.2, 0) is 21.1 Å². The molecular weight excluding hydrogens is 244 g/mol. The SMILES string of the molecule is CO/N=C(C(C)=O)/C(C)=N/OCc1ccccc1C. The largest absolute Gasteiger partial charge is 0.398 e. The lowest BCUT2D eigenvalue weighted by molar-refractivity contribution is -0.111.